The molecule has 0 aromatic heterocycles. The molecule has 0 aliphatic carbocycles. The summed E-state index contributed by atoms with van der Waals surface area (Å²) in [7, 11) is 2.45. The second-order valence-electron chi connectivity index (χ2n) is 5.95. The number of ether oxygens (including phenoxy) is 2. The van der Waals surface area contributed by atoms with E-state index in [1.165, 1.54) is 26.0 Å². The van der Waals surface area contributed by atoms with Crippen LogP contribution in [0.15, 0.2) is 24.3 Å². The van der Waals surface area contributed by atoms with Gasteiger partial charge in [0.2, 0.25) is 5.91 Å². The van der Waals surface area contributed by atoms with E-state index < -0.39 is 23.9 Å². The van der Waals surface area contributed by atoms with Crippen molar-refractivity contribution >= 4 is 52.1 Å². The van der Waals surface area contributed by atoms with Gasteiger partial charge in [-0.15, -0.1) is 0 Å². The predicted octanol–water partition coefficient (Wildman–Crippen LogP) is 0.970. The lowest BCUT2D eigenvalue weighted by Gasteiger charge is -2.16. The van der Waals surface area contributed by atoms with Crippen molar-refractivity contribution in [1.82, 2.24) is 10.6 Å². The van der Waals surface area contributed by atoms with Crippen molar-refractivity contribution in [1.29, 1.82) is 0 Å². The number of thioether (sulfide) groups is 1. The number of rotatable bonds is 8. The van der Waals surface area contributed by atoms with E-state index in [1.807, 2.05) is 0 Å². The predicted molar refractivity (Wildman–Crippen MR) is 107 cm³/mol. The standard InChI is InChI=1S/C18H20N2O6S2/c1-25-14(21)7-6-12(17(24)26-2)19-15(22)11-5-3-4-10(8-11)9-13-16(23)20-18(27)28-13/h3-5,8,12-13H,6-7,9H2,1-2H3,(H,19,22)(H,20,23,27)/t12-,13?/m1/s1. The Hall–Kier alpha value is -2.46. The van der Waals surface area contributed by atoms with Crippen LogP contribution in [0, 0.1) is 0 Å². The van der Waals surface area contributed by atoms with Crippen molar-refractivity contribution in [3.8, 4) is 0 Å². The van der Waals surface area contributed by atoms with E-state index in [2.05, 4.69) is 20.1 Å². The molecule has 2 N–H and O–H groups in total. The SMILES string of the molecule is COC(=O)CC[C@@H](NC(=O)c1cccc(CC2SC(=S)NC2=O)c1)C(=O)OC. The van der Waals surface area contributed by atoms with Crippen molar-refractivity contribution in [2.45, 2.75) is 30.6 Å². The van der Waals surface area contributed by atoms with Crippen molar-refractivity contribution < 1.29 is 28.7 Å². The van der Waals surface area contributed by atoms with Crippen molar-refractivity contribution in [2.24, 2.45) is 0 Å². The minimum absolute atomic E-state index is 0.0372. The lowest BCUT2D eigenvalue weighted by atomic mass is 10.0. The van der Waals surface area contributed by atoms with E-state index >= 15 is 0 Å². The maximum atomic E-state index is 12.6. The topological polar surface area (TPSA) is 111 Å². The zero-order valence-electron chi connectivity index (χ0n) is 15.4. The van der Waals surface area contributed by atoms with Gasteiger partial charge in [0.1, 0.15) is 10.4 Å². The Labute approximate surface area is 171 Å². The largest absolute Gasteiger partial charge is 0.469 e. The molecule has 1 fully saturated rings. The summed E-state index contributed by atoms with van der Waals surface area (Å²) in [5.74, 6) is -1.78. The lowest BCUT2D eigenvalue weighted by molar-refractivity contribution is -0.144. The van der Waals surface area contributed by atoms with Gasteiger partial charge in [0.25, 0.3) is 5.91 Å². The molecule has 0 saturated carbocycles. The average Bonchev–Trinajstić information content (AvgIpc) is 3.00. The Morgan fingerprint density at radius 1 is 1.29 bits per heavy atom. The molecular weight excluding hydrogens is 404 g/mol. The number of esters is 2. The van der Waals surface area contributed by atoms with Crippen LogP contribution in [0.25, 0.3) is 0 Å². The molecule has 1 heterocycles. The molecule has 2 amide bonds. The highest BCUT2D eigenvalue weighted by molar-refractivity contribution is 8.24. The number of carbonyl (C=O) groups is 4. The molecule has 1 aliphatic rings. The zero-order valence-corrected chi connectivity index (χ0v) is 17.0. The number of thiocarbonyl (C=S) groups is 1. The molecule has 0 bridgehead atoms. The monoisotopic (exact) mass is 424 g/mol. The van der Waals surface area contributed by atoms with Gasteiger partial charge in [0.05, 0.1) is 19.5 Å². The highest BCUT2D eigenvalue weighted by Gasteiger charge is 2.29. The molecule has 1 aliphatic heterocycles. The van der Waals surface area contributed by atoms with Gasteiger partial charge in [-0.2, -0.15) is 0 Å². The van der Waals surface area contributed by atoms with E-state index in [0.717, 1.165) is 5.56 Å². The van der Waals surface area contributed by atoms with Gasteiger partial charge in [0.15, 0.2) is 0 Å². The zero-order chi connectivity index (χ0) is 20.7. The van der Waals surface area contributed by atoms with Crippen LogP contribution in [0.3, 0.4) is 0 Å². The van der Waals surface area contributed by atoms with E-state index in [4.69, 9.17) is 12.2 Å². The van der Waals surface area contributed by atoms with Crippen molar-refractivity contribution in [3.63, 3.8) is 0 Å². The number of carbonyl (C=O) groups excluding carboxylic acids is 4. The summed E-state index contributed by atoms with van der Waals surface area (Å²) in [6.07, 6.45) is 0.437. The average molecular weight is 425 g/mol. The van der Waals surface area contributed by atoms with Gasteiger partial charge in [-0.05, 0) is 30.5 Å². The van der Waals surface area contributed by atoms with Crippen LogP contribution < -0.4 is 10.6 Å². The van der Waals surface area contributed by atoms with Crippen LogP contribution in [0.4, 0.5) is 0 Å². The van der Waals surface area contributed by atoms with Crippen LogP contribution >= 0.6 is 24.0 Å². The summed E-state index contributed by atoms with van der Waals surface area (Å²) >= 11 is 6.26. The summed E-state index contributed by atoms with van der Waals surface area (Å²) in [6.45, 7) is 0. The molecule has 2 rings (SSSR count). The molecule has 1 aromatic carbocycles. The molecular formula is C18H20N2O6S2. The number of amides is 2. The van der Waals surface area contributed by atoms with Crippen molar-refractivity contribution in [3.05, 3.63) is 35.4 Å². The minimum Gasteiger partial charge on any atom is -0.469 e. The van der Waals surface area contributed by atoms with Crippen LogP contribution in [0.5, 0.6) is 0 Å². The number of hydrogen-bond donors (Lipinski definition) is 2. The summed E-state index contributed by atoms with van der Waals surface area (Å²) < 4.78 is 9.68. The Morgan fingerprint density at radius 3 is 2.64 bits per heavy atom. The van der Waals surface area contributed by atoms with Crippen LogP contribution in [-0.2, 0) is 30.3 Å². The van der Waals surface area contributed by atoms with Crippen LogP contribution in [0.2, 0.25) is 0 Å². The van der Waals surface area contributed by atoms with Gasteiger partial charge in [-0.3, -0.25) is 14.4 Å². The van der Waals surface area contributed by atoms with Gasteiger partial charge in [-0.1, -0.05) is 36.1 Å². The fourth-order valence-corrected chi connectivity index (χ4v) is 3.89. The summed E-state index contributed by atoms with van der Waals surface area (Å²) in [6, 6.07) is 5.77. The molecule has 1 aromatic rings. The third-order valence-corrected chi connectivity index (χ3v) is 5.41. The van der Waals surface area contributed by atoms with Gasteiger partial charge in [-0.25, -0.2) is 4.79 Å². The molecule has 28 heavy (non-hydrogen) atoms. The molecule has 1 unspecified atom stereocenters. The van der Waals surface area contributed by atoms with Gasteiger partial charge >= 0.3 is 11.9 Å². The second kappa shape index (κ2) is 10.2. The smallest absolute Gasteiger partial charge is 0.328 e. The van der Waals surface area contributed by atoms with E-state index in [9.17, 15) is 19.2 Å². The molecule has 0 radical (unpaired) electrons. The molecule has 0 spiro atoms. The van der Waals surface area contributed by atoms with E-state index in [0.29, 0.717) is 16.3 Å². The number of methoxy groups -OCH3 is 2. The highest BCUT2D eigenvalue weighted by atomic mass is 32.2. The molecule has 8 nitrogen and oxygen atoms in total. The first-order valence-corrected chi connectivity index (χ1v) is 9.68. The Bertz CT molecular complexity index is 798. The maximum absolute atomic E-state index is 12.6. The Kier molecular flexibility index (Phi) is 7.94. The van der Waals surface area contributed by atoms with E-state index in [-0.39, 0.29) is 24.0 Å². The van der Waals surface area contributed by atoms with Gasteiger partial charge in [0, 0.05) is 12.0 Å². The first-order valence-electron chi connectivity index (χ1n) is 8.40. The first kappa shape index (κ1) is 21.8. The normalized spacial score (nSPS) is 16.9. The number of hydrogen-bond acceptors (Lipinski definition) is 8. The lowest BCUT2D eigenvalue weighted by Crippen LogP contribution is -2.42. The molecule has 1 saturated heterocycles. The Morgan fingerprint density at radius 2 is 2.04 bits per heavy atom. The summed E-state index contributed by atoms with van der Waals surface area (Å²) in [5, 5.41) is 4.82. The summed E-state index contributed by atoms with van der Waals surface area (Å²) in [5.41, 5.74) is 1.12. The fourth-order valence-electron chi connectivity index (χ4n) is 2.58. The maximum Gasteiger partial charge on any atom is 0.328 e. The number of benzene rings is 1. The minimum atomic E-state index is -0.978. The molecule has 10 heteroatoms. The first-order chi connectivity index (χ1) is 13.3. The van der Waals surface area contributed by atoms with Gasteiger partial charge < -0.3 is 20.1 Å². The van der Waals surface area contributed by atoms with Crippen LogP contribution in [-0.4, -0.2) is 53.6 Å². The van der Waals surface area contributed by atoms with Crippen LogP contribution in [0.1, 0.15) is 28.8 Å². The van der Waals surface area contributed by atoms with E-state index in [1.54, 1.807) is 24.3 Å². The molecule has 150 valence electrons. The third kappa shape index (κ3) is 6.03. The Balaban J connectivity index is 2.05. The number of nitrogens with one attached hydrogen (secondary N) is 2. The molecule has 2 atom stereocenters. The quantitative estimate of drug-likeness (QED) is 0.469. The second-order valence-corrected chi connectivity index (χ2v) is 7.83. The highest BCUT2D eigenvalue weighted by Crippen LogP contribution is 2.23. The third-order valence-electron chi connectivity index (χ3n) is 4.03. The summed E-state index contributed by atoms with van der Waals surface area (Å²) in [4.78, 5) is 47.6. The van der Waals surface area contributed by atoms with Crippen molar-refractivity contribution in [2.75, 3.05) is 14.2 Å². The fraction of sp³-hybridized carbons (Fsp3) is 0.389.